The molecule has 1 amide bonds. The fourth-order valence-corrected chi connectivity index (χ4v) is 2.19. The van der Waals surface area contributed by atoms with Gasteiger partial charge in [0.05, 0.1) is 12.2 Å². The summed E-state index contributed by atoms with van der Waals surface area (Å²) >= 11 is 6.02. The Kier molecular flexibility index (Phi) is 8.37. The average molecular weight is 343 g/mol. The van der Waals surface area contributed by atoms with E-state index in [4.69, 9.17) is 26.8 Å². The van der Waals surface area contributed by atoms with Crippen molar-refractivity contribution >= 4 is 17.5 Å². The van der Waals surface area contributed by atoms with E-state index in [1.54, 1.807) is 37.3 Å². The highest BCUT2D eigenvalue weighted by molar-refractivity contribution is 6.31. The molecule has 23 heavy (non-hydrogen) atoms. The van der Waals surface area contributed by atoms with Gasteiger partial charge in [-0.15, -0.1) is 0 Å². The fraction of sp³-hybridized carbons (Fsp3) is 0.588. The molecule has 0 spiro atoms. The predicted molar refractivity (Wildman–Crippen MR) is 93.2 cm³/mol. The van der Waals surface area contributed by atoms with E-state index in [1.807, 2.05) is 0 Å². The second-order valence-corrected chi connectivity index (χ2v) is 6.34. The van der Waals surface area contributed by atoms with Gasteiger partial charge in [0.2, 0.25) is 0 Å². The van der Waals surface area contributed by atoms with E-state index in [-0.39, 0.29) is 11.9 Å². The van der Waals surface area contributed by atoms with Gasteiger partial charge in [0.15, 0.2) is 0 Å². The average Bonchev–Trinajstić information content (AvgIpc) is 2.52. The standard InChI is InChI=1S/C17H27ClN2O3/c1-12(2)15(19)7-8-20(3)17(21)14-11-13(18)5-6-16(14)23-10-9-22-4/h5-6,11-12,15H,7-10,19H2,1-4H3. The molecule has 0 saturated carbocycles. The number of rotatable bonds is 9. The van der Waals surface area contributed by atoms with Crippen LogP contribution in [0.15, 0.2) is 18.2 Å². The van der Waals surface area contributed by atoms with E-state index in [0.29, 0.717) is 42.0 Å². The van der Waals surface area contributed by atoms with Crippen LogP contribution in [0.4, 0.5) is 0 Å². The van der Waals surface area contributed by atoms with Gasteiger partial charge in [-0.25, -0.2) is 0 Å². The Bertz CT molecular complexity index is 509. The van der Waals surface area contributed by atoms with Crippen LogP contribution in [0.1, 0.15) is 30.6 Å². The van der Waals surface area contributed by atoms with Gasteiger partial charge in [0.25, 0.3) is 5.91 Å². The zero-order valence-electron chi connectivity index (χ0n) is 14.3. The molecule has 0 bridgehead atoms. The summed E-state index contributed by atoms with van der Waals surface area (Å²) in [5.74, 6) is 0.768. The number of carbonyl (C=O) groups excluding carboxylic acids is 1. The number of hydrogen-bond donors (Lipinski definition) is 1. The van der Waals surface area contributed by atoms with Crippen molar-refractivity contribution in [3.8, 4) is 5.75 Å². The first-order valence-electron chi connectivity index (χ1n) is 7.79. The van der Waals surface area contributed by atoms with E-state index < -0.39 is 0 Å². The molecule has 0 aliphatic rings. The van der Waals surface area contributed by atoms with Gasteiger partial charge in [-0.2, -0.15) is 0 Å². The first kappa shape index (κ1) is 19.7. The van der Waals surface area contributed by atoms with Crippen LogP contribution in [-0.2, 0) is 4.74 Å². The lowest BCUT2D eigenvalue weighted by molar-refractivity contribution is 0.0782. The van der Waals surface area contributed by atoms with Gasteiger partial charge in [-0.1, -0.05) is 25.4 Å². The highest BCUT2D eigenvalue weighted by Crippen LogP contribution is 2.24. The highest BCUT2D eigenvalue weighted by atomic mass is 35.5. The maximum atomic E-state index is 12.6. The Hall–Kier alpha value is -1.30. The Morgan fingerprint density at radius 2 is 2.04 bits per heavy atom. The molecule has 5 nitrogen and oxygen atoms in total. The van der Waals surface area contributed by atoms with Crippen molar-refractivity contribution < 1.29 is 14.3 Å². The molecule has 0 aliphatic heterocycles. The highest BCUT2D eigenvalue weighted by Gasteiger charge is 2.19. The molecule has 1 aromatic rings. The molecule has 1 rings (SSSR count). The Balaban J connectivity index is 2.78. The van der Waals surface area contributed by atoms with Crippen LogP contribution in [0, 0.1) is 5.92 Å². The van der Waals surface area contributed by atoms with Crippen molar-refractivity contribution in [1.29, 1.82) is 0 Å². The lowest BCUT2D eigenvalue weighted by Gasteiger charge is -2.22. The number of nitrogens with two attached hydrogens (primary N) is 1. The number of hydrogen-bond acceptors (Lipinski definition) is 4. The van der Waals surface area contributed by atoms with Gasteiger partial charge in [-0.3, -0.25) is 4.79 Å². The molecular formula is C17H27ClN2O3. The van der Waals surface area contributed by atoms with E-state index in [2.05, 4.69) is 13.8 Å². The van der Waals surface area contributed by atoms with Gasteiger partial charge >= 0.3 is 0 Å². The topological polar surface area (TPSA) is 64.8 Å². The third-order valence-electron chi connectivity index (χ3n) is 3.72. The minimum absolute atomic E-state index is 0.0713. The van der Waals surface area contributed by atoms with Gasteiger partial charge in [0, 0.05) is 31.8 Å². The summed E-state index contributed by atoms with van der Waals surface area (Å²) in [4.78, 5) is 14.3. The third kappa shape index (κ3) is 6.37. The normalized spacial score (nSPS) is 12.3. The number of carbonyl (C=O) groups is 1. The van der Waals surface area contributed by atoms with Crippen LogP contribution >= 0.6 is 11.6 Å². The number of nitrogens with zero attached hydrogens (tertiary/aromatic N) is 1. The summed E-state index contributed by atoms with van der Waals surface area (Å²) in [6, 6.07) is 5.11. The van der Waals surface area contributed by atoms with Gasteiger partial charge < -0.3 is 20.1 Å². The van der Waals surface area contributed by atoms with E-state index in [1.165, 1.54) is 0 Å². The second-order valence-electron chi connectivity index (χ2n) is 5.90. The van der Waals surface area contributed by atoms with Crippen molar-refractivity contribution in [2.45, 2.75) is 26.3 Å². The van der Waals surface area contributed by atoms with Crippen LogP contribution in [0.2, 0.25) is 5.02 Å². The van der Waals surface area contributed by atoms with Crippen LogP contribution in [-0.4, -0.2) is 50.8 Å². The molecule has 6 heteroatoms. The lowest BCUT2D eigenvalue weighted by Crippen LogP contribution is -2.34. The molecule has 0 saturated heterocycles. The first-order valence-corrected chi connectivity index (χ1v) is 8.17. The van der Waals surface area contributed by atoms with Crippen molar-refractivity contribution in [3.63, 3.8) is 0 Å². The maximum Gasteiger partial charge on any atom is 0.257 e. The van der Waals surface area contributed by atoms with Crippen LogP contribution < -0.4 is 10.5 Å². The summed E-state index contributed by atoms with van der Waals surface area (Å²) in [7, 11) is 3.36. The minimum Gasteiger partial charge on any atom is -0.490 e. The van der Waals surface area contributed by atoms with E-state index >= 15 is 0 Å². The largest absolute Gasteiger partial charge is 0.490 e. The zero-order valence-corrected chi connectivity index (χ0v) is 15.1. The van der Waals surface area contributed by atoms with E-state index in [9.17, 15) is 4.79 Å². The fourth-order valence-electron chi connectivity index (χ4n) is 2.01. The molecule has 0 radical (unpaired) electrons. The van der Waals surface area contributed by atoms with Crippen molar-refractivity contribution in [2.75, 3.05) is 33.9 Å². The molecule has 1 atom stereocenters. The molecule has 1 aromatic carbocycles. The van der Waals surface area contributed by atoms with Crippen molar-refractivity contribution in [3.05, 3.63) is 28.8 Å². The van der Waals surface area contributed by atoms with Crippen LogP contribution in [0.5, 0.6) is 5.75 Å². The quantitative estimate of drug-likeness (QED) is 0.701. The number of benzene rings is 1. The van der Waals surface area contributed by atoms with Gasteiger partial charge in [0.1, 0.15) is 12.4 Å². The summed E-state index contributed by atoms with van der Waals surface area (Å²) in [5, 5.41) is 0.500. The smallest absolute Gasteiger partial charge is 0.257 e. The molecule has 0 fully saturated rings. The summed E-state index contributed by atoms with van der Waals surface area (Å²) in [5.41, 5.74) is 6.49. The molecule has 2 N–H and O–H groups in total. The Morgan fingerprint density at radius 1 is 1.35 bits per heavy atom. The number of amides is 1. The number of halogens is 1. The molecule has 0 aromatic heterocycles. The minimum atomic E-state index is -0.129. The second kappa shape index (κ2) is 9.75. The summed E-state index contributed by atoms with van der Waals surface area (Å²) < 4.78 is 10.6. The molecular weight excluding hydrogens is 316 g/mol. The van der Waals surface area contributed by atoms with Crippen LogP contribution in [0.25, 0.3) is 0 Å². The summed E-state index contributed by atoms with van der Waals surface area (Å²) in [6.45, 7) is 5.56. The Morgan fingerprint density at radius 3 is 2.65 bits per heavy atom. The zero-order chi connectivity index (χ0) is 17.4. The molecule has 0 aliphatic carbocycles. The Labute approximate surface area is 143 Å². The predicted octanol–water partition coefficient (Wildman–Crippen LogP) is 2.81. The maximum absolute atomic E-state index is 12.6. The SMILES string of the molecule is COCCOc1ccc(Cl)cc1C(=O)N(C)CCC(N)C(C)C. The number of ether oxygens (including phenoxy) is 2. The first-order chi connectivity index (χ1) is 10.9. The van der Waals surface area contributed by atoms with Gasteiger partial charge in [-0.05, 0) is 30.5 Å². The monoisotopic (exact) mass is 342 g/mol. The molecule has 0 heterocycles. The van der Waals surface area contributed by atoms with E-state index in [0.717, 1.165) is 6.42 Å². The van der Waals surface area contributed by atoms with Crippen LogP contribution in [0.3, 0.4) is 0 Å². The number of methoxy groups -OCH3 is 1. The molecule has 130 valence electrons. The molecule has 1 unspecified atom stereocenters. The summed E-state index contributed by atoms with van der Waals surface area (Å²) in [6.07, 6.45) is 0.750. The van der Waals surface area contributed by atoms with Crippen molar-refractivity contribution in [1.82, 2.24) is 4.90 Å². The lowest BCUT2D eigenvalue weighted by atomic mass is 10.0. The van der Waals surface area contributed by atoms with Crippen molar-refractivity contribution in [2.24, 2.45) is 11.7 Å². The third-order valence-corrected chi connectivity index (χ3v) is 3.95.